The number of nitrogens with zero attached hydrogens (tertiary/aromatic N) is 1. The number of alkyl halides is 3. The van der Waals surface area contributed by atoms with Gasteiger partial charge in [-0.25, -0.2) is 0 Å². The summed E-state index contributed by atoms with van der Waals surface area (Å²) in [6, 6.07) is 2.68. The molecule has 0 bridgehead atoms. The van der Waals surface area contributed by atoms with Crippen molar-refractivity contribution in [3.63, 3.8) is 0 Å². The summed E-state index contributed by atoms with van der Waals surface area (Å²) < 4.78 is 38.0. The minimum absolute atomic E-state index is 0.173. The zero-order chi connectivity index (χ0) is 15.3. The van der Waals surface area contributed by atoms with Gasteiger partial charge in [0.15, 0.2) is 0 Å². The average molecular weight is 288 g/mol. The van der Waals surface area contributed by atoms with E-state index in [9.17, 15) is 23.3 Å². The maximum Gasteiger partial charge on any atom is 0.416 e. The van der Waals surface area contributed by atoms with Gasteiger partial charge >= 0.3 is 6.18 Å². The molecule has 1 aromatic rings. The predicted molar refractivity (Wildman–Crippen MR) is 67.2 cm³/mol. The first-order chi connectivity index (χ1) is 9.05. The minimum Gasteiger partial charge on any atom is -0.330 e. The predicted octanol–water partition coefficient (Wildman–Crippen LogP) is 3.24. The molecule has 110 valence electrons. The topological polar surface area (TPSA) is 69.2 Å². The molecule has 0 amide bonds. The molecule has 1 aromatic carbocycles. The molecular weight excluding hydrogens is 273 g/mol. The van der Waals surface area contributed by atoms with Crippen LogP contribution >= 0.6 is 0 Å². The summed E-state index contributed by atoms with van der Waals surface area (Å²) in [5.74, 6) is 0. The Hall–Kier alpha value is -1.63. The van der Waals surface area contributed by atoms with Crippen LogP contribution in [0.3, 0.4) is 0 Å². The maximum absolute atomic E-state index is 12.7. The molecule has 7 heteroatoms. The van der Waals surface area contributed by atoms with Gasteiger partial charge < -0.3 is 5.73 Å². The van der Waals surface area contributed by atoms with E-state index in [1.54, 1.807) is 0 Å². The molecule has 2 rings (SSSR count). The number of nitro benzene ring substituents is 1. The first-order valence-electron chi connectivity index (χ1n) is 6.11. The van der Waals surface area contributed by atoms with Crippen molar-refractivity contribution in [2.45, 2.75) is 31.9 Å². The van der Waals surface area contributed by atoms with E-state index in [0.717, 1.165) is 6.07 Å². The zero-order valence-corrected chi connectivity index (χ0v) is 11.1. The highest BCUT2D eigenvalue weighted by Gasteiger charge is 2.63. The number of halogens is 3. The molecule has 1 aliphatic carbocycles. The first kappa shape index (κ1) is 14.8. The van der Waals surface area contributed by atoms with E-state index in [4.69, 9.17) is 5.73 Å². The highest BCUT2D eigenvalue weighted by Crippen LogP contribution is 2.65. The molecule has 0 heterocycles. The molecule has 1 saturated carbocycles. The fourth-order valence-corrected chi connectivity index (χ4v) is 2.89. The van der Waals surface area contributed by atoms with Gasteiger partial charge in [-0.1, -0.05) is 19.9 Å². The highest BCUT2D eigenvalue weighted by molar-refractivity contribution is 5.53. The Bertz CT molecular complexity index is 569. The number of hydrogen-bond acceptors (Lipinski definition) is 3. The number of benzene rings is 1. The number of hydrogen-bond donors (Lipinski definition) is 1. The van der Waals surface area contributed by atoms with Crippen molar-refractivity contribution >= 4 is 5.69 Å². The van der Waals surface area contributed by atoms with Gasteiger partial charge in [-0.2, -0.15) is 13.2 Å². The van der Waals surface area contributed by atoms with Gasteiger partial charge in [-0.15, -0.1) is 0 Å². The van der Waals surface area contributed by atoms with Gasteiger partial charge in [-0.3, -0.25) is 10.1 Å². The van der Waals surface area contributed by atoms with E-state index in [1.807, 2.05) is 13.8 Å². The Morgan fingerprint density at radius 1 is 1.40 bits per heavy atom. The second kappa shape index (κ2) is 4.18. The van der Waals surface area contributed by atoms with Crippen molar-refractivity contribution in [3.8, 4) is 0 Å². The van der Waals surface area contributed by atoms with E-state index in [0.29, 0.717) is 18.1 Å². The maximum atomic E-state index is 12.7. The van der Waals surface area contributed by atoms with Crippen LogP contribution in [0.1, 0.15) is 31.4 Å². The Morgan fingerprint density at radius 2 is 1.95 bits per heavy atom. The largest absolute Gasteiger partial charge is 0.416 e. The van der Waals surface area contributed by atoms with E-state index in [1.165, 1.54) is 6.07 Å². The second-order valence-electron chi connectivity index (χ2n) is 5.83. The van der Waals surface area contributed by atoms with Gasteiger partial charge in [0, 0.05) is 23.6 Å². The molecular formula is C13H15F3N2O2. The fraction of sp³-hybridized carbons (Fsp3) is 0.538. The molecule has 1 unspecified atom stereocenters. The monoisotopic (exact) mass is 288 g/mol. The molecule has 1 fully saturated rings. The van der Waals surface area contributed by atoms with Crippen LogP contribution in [0.4, 0.5) is 18.9 Å². The van der Waals surface area contributed by atoms with Crippen LogP contribution < -0.4 is 5.73 Å². The average Bonchev–Trinajstić information content (AvgIpc) is 2.90. The molecule has 0 spiro atoms. The Labute approximate surface area is 113 Å². The molecule has 0 saturated heterocycles. The second-order valence-corrected chi connectivity index (χ2v) is 5.83. The molecule has 1 aliphatic rings. The quantitative estimate of drug-likeness (QED) is 0.685. The normalized spacial score (nSPS) is 24.5. The SMILES string of the molecule is CC1(C)CC1(CN)c1ccc(C(F)(F)F)cc1[N+](=O)[O-]. The Balaban J connectivity index is 2.59. The zero-order valence-electron chi connectivity index (χ0n) is 11.1. The van der Waals surface area contributed by atoms with Gasteiger partial charge in [0.25, 0.3) is 5.69 Å². The highest BCUT2D eigenvalue weighted by atomic mass is 19.4. The third kappa shape index (κ3) is 2.06. The molecule has 1 atom stereocenters. The van der Waals surface area contributed by atoms with Crippen molar-refractivity contribution in [2.24, 2.45) is 11.1 Å². The van der Waals surface area contributed by atoms with Crippen LogP contribution in [0.2, 0.25) is 0 Å². The Kier molecular flexibility index (Phi) is 3.09. The van der Waals surface area contributed by atoms with Crippen LogP contribution in [0.15, 0.2) is 18.2 Å². The summed E-state index contributed by atoms with van der Waals surface area (Å²) in [4.78, 5) is 10.3. The molecule has 0 aliphatic heterocycles. The molecule has 0 aromatic heterocycles. The number of nitro groups is 1. The van der Waals surface area contributed by atoms with Crippen molar-refractivity contribution in [3.05, 3.63) is 39.4 Å². The number of nitrogens with two attached hydrogens (primary N) is 1. The van der Waals surface area contributed by atoms with E-state index >= 15 is 0 Å². The molecule has 4 nitrogen and oxygen atoms in total. The van der Waals surface area contributed by atoms with Crippen LogP contribution in [-0.4, -0.2) is 11.5 Å². The van der Waals surface area contributed by atoms with Gasteiger partial charge in [0.05, 0.1) is 10.5 Å². The lowest BCUT2D eigenvalue weighted by atomic mass is 9.86. The lowest BCUT2D eigenvalue weighted by Gasteiger charge is -2.19. The third-order valence-electron chi connectivity index (χ3n) is 4.30. The summed E-state index contributed by atoms with van der Waals surface area (Å²) in [7, 11) is 0. The molecule has 0 radical (unpaired) electrons. The van der Waals surface area contributed by atoms with E-state index < -0.39 is 27.8 Å². The lowest BCUT2D eigenvalue weighted by Crippen LogP contribution is -2.26. The van der Waals surface area contributed by atoms with Gasteiger partial charge in [0.2, 0.25) is 0 Å². The first-order valence-corrected chi connectivity index (χ1v) is 6.11. The fourth-order valence-electron chi connectivity index (χ4n) is 2.89. The number of rotatable bonds is 3. The minimum atomic E-state index is -4.60. The van der Waals surface area contributed by atoms with Crippen LogP contribution in [-0.2, 0) is 11.6 Å². The van der Waals surface area contributed by atoms with Crippen LogP contribution in [0.5, 0.6) is 0 Å². The third-order valence-corrected chi connectivity index (χ3v) is 4.30. The van der Waals surface area contributed by atoms with Crippen LogP contribution in [0, 0.1) is 15.5 Å². The van der Waals surface area contributed by atoms with Crippen molar-refractivity contribution < 1.29 is 18.1 Å². The van der Waals surface area contributed by atoms with Crippen LogP contribution in [0.25, 0.3) is 0 Å². The van der Waals surface area contributed by atoms with Crippen molar-refractivity contribution in [2.75, 3.05) is 6.54 Å². The summed E-state index contributed by atoms with van der Waals surface area (Å²) >= 11 is 0. The Morgan fingerprint density at radius 3 is 2.30 bits per heavy atom. The van der Waals surface area contributed by atoms with Crippen molar-refractivity contribution in [1.82, 2.24) is 0 Å². The summed E-state index contributed by atoms with van der Waals surface area (Å²) in [5.41, 5.74) is 3.64. The standard InChI is InChI=1S/C13H15F3N2O2/c1-11(2)6-12(11,7-17)9-4-3-8(13(14,15)16)5-10(9)18(19)20/h3-5H,6-7,17H2,1-2H3. The van der Waals surface area contributed by atoms with E-state index in [-0.39, 0.29) is 12.0 Å². The summed E-state index contributed by atoms with van der Waals surface area (Å²) in [6.07, 6.45) is -3.97. The van der Waals surface area contributed by atoms with Gasteiger partial charge in [-0.05, 0) is 17.9 Å². The van der Waals surface area contributed by atoms with Crippen molar-refractivity contribution in [1.29, 1.82) is 0 Å². The molecule has 20 heavy (non-hydrogen) atoms. The summed E-state index contributed by atoms with van der Waals surface area (Å²) in [6.45, 7) is 3.98. The van der Waals surface area contributed by atoms with E-state index in [2.05, 4.69) is 0 Å². The molecule has 2 N–H and O–H groups in total. The van der Waals surface area contributed by atoms with Gasteiger partial charge in [0.1, 0.15) is 0 Å². The lowest BCUT2D eigenvalue weighted by molar-refractivity contribution is -0.386. The summed E-state index contributed by atoms with van der Waals surface area (Å²) in [5, 5.41) is 11.1. The smallest absolute Gasteiger partial charge is 0.330 e.